The molecule has 0 aromatic heterocycles. The van der Waals surface area contributed by atoms with Crippen LogP contribution in [-0.4, -0.2) is 48.9 Å². The molecule has 1 saturated carbocycles. The van der Waals surface area contributed by atoms with E-state index in [0.717, 1.165) is 44.9 Å². The number of halogens is 4. The number of hydrogen-bond donors (Lipinski definition) is 1. The van der Waals surface area contributed by atoms with Gasteiger partial charge in [-0.1, -0.05) is 32.8 Å². The maximum Gasteiger partial charge on any atom is 0.431 e. The molecular weight excluding hydrogens is 432 g/mol. The van der Waals surface area contributed by atoms with Gasteiger partial charge < -0.3 is 9.47 Å². The van der Waals surface area contributed by atoms with Crippen LogP contribution in [-0.2, 0) is 24.4 Å². The Morgan fingerprint density at radius 3 is 2.13 bits per heavy atom. The lowest BCUT2D eigenvalue weighted by Gasteiger charge is -2.34. The van der Waals surface area contributed by atoms with Crippen LogP contribution in [0.2, 0.25) is 0 Å². The molecule has 0 atom stereocenters. The van der Waals surface area contributed by atoms with Crippen LogP contribution in [0.4, 0.5) is 17.6 Å². The number of carbonyl (C=O) groups excluding carboxylic acids is 1. The van der Waals surface area contributed by atoms with Gasteiger partial charge in [0, 0.05) is 13.0 Å². The molecule has 0 radical (unpaired) electrons. The second-order valence-electron chi connectivity index (χ2n) is 7.65. The van der Waals surface area contributed by atoms with Gasteiger partial charge in [0.15, 0.2) is 0 Å². The number of carbonyl (C=O) groups is 1. The Labute approximate surface area is 174 Å². The largest absolute Gasteiger partial charge is 0.456 e. The van der Waals surface area contributed by atoms with Crippen LogP contribution in [0.25, 0.3) is 0 Å². The molecule has 176 valence electrons. The molecule has 0 aliphatic heterocycles. The summed E-state index contributed by atoms with van der Waals surface area (Å²) < 4.78 is 92.8. The van der Waals surface area contributed by atoms with Gasteiger partial charge >= 0.3 is 27.3 Å². The van der Waals surface area contributed by atoms with Crippen molar-refractivity contribution in [1.82, 2.24) is 0 Å². The molecule has 6 nitrogen and oxygen atoms in total. The highest BCUT2D eigenvalue weighted by Crippen LogP contribution is 2.41. The Morgan fingerprint density at radius 1 is 1.10 bits per heavy atom. The fourth-order valence-corrected chi connectivity index (χ4v) is 3.81. The molecule has 1 fully saturated rings. The molecule has 1 aliphatic rings. The lowest BCUT2D eigenvalue weighted by molar-refractivity contribution is -0.166. The second kappa shape index (κ2) is 10.9. The minimum Gasteiger partial charge on any atom is -0.456 e. The molecule has 0 aromatic carbocycles. The van der Waals surface area contributed by atoms with Crippen molar-refractivity contribution in [3.63, 3.8) is 0 Å². The highest BCUT2D eigenvalue weighted by Gasteiger charge is 2.64. The maximum atomic E-state index is 13.4. The molecule has 11 heteroatoms. The number of alkyl halides is 4. The van der Waals surface area contributed by atoms with Crippen LogP contribution in [0.15, 0.2) is 12.2 Å². The third-order valence-corrected chi connectivity index (χ3v) is 6.26. The monoisotopic (exact) mass is 462 g/mol. The molecule has 1 aliphatic carbocycles. The van der Waals surface area contributed by atoms with Gasteiger partial charge in [-0.15, -0.1) is 0 Å². The van der Waals surface area contributed by atoms with Crippen molar-refractivity contribution in [2.75, 3.05) is 13.2 Å². The topological polar surface area (TPSA) is 89.9 Å². The van der Waals surface area contributed by atoms with Crippen LogP contribution in [0.3, 0.4) is 0 Å². The van der Waals surface area contributed by atoms with Crippen molar-refractivity contribution in [3.05, 3.63) is 12.2 Å². The van der Waals surface area contributed by atoms with E-state index in [1.54, 1.807) is 0 Å². The first kappa shape index (κ1) is 26.8. The van der Waals surface area contributed by atoms with E-state index in [1.165, 1.54) is 0 Å². The standard InChI is InChI=1S/C19H30F4O6S/c1-3-17(10-7-5-4-6-8-11-17)29-16(24)15(2)14-28-13-9-12-18(20,21)19(22,23)30(25,26)27/h2-14H2,1H3,(H,25,26,27). The first-order valence-corrected chi connectivity index (χ1v) is 11.4. The summed E-state index contributed by atoms with van der Waals surface area (Å²) in [6.45, 7) is 4.73. The number of rotatable bonds is 11. The third kappa shape index (κ3) is 7.19. The zero-order chi connectivity index (χ0) is 23.1. The Hall–Kier alpha value is -1.20. The lowest BCUT2D eigenvalue weighted by atomic mass is 9.85. The molecule has 0 amide bonds. The lowest BCUT2D eigenvalue weighted by Crippen LogP contribution is -2.46. The highest BCUT2D eigenvalue weighted by molar-refractivity contribution is 7.87. The molecule has 0 unspecified atom stereocenters. The second-order valence-corrected chi connectivity index (χ2v) is 9.11. The van der Waals surface area contributed by atoms with Gasteiger partial charge in [-0.05, 0) is 38.5 Å². The summed E-state index contributed by atoms with van der Waals surface area (Å²) in [4.78, 5) is 12.3. The summed E-state index contributed by atoms with van der Waals surface area (Å²) in [5.74, 6) is -5.62. The molecular formula is C19H30F4O6S. The number of esters is 1. The van der Waals surface area contributed by atoms with Crippen molar-refractivity contribution in [1.29, 1.82) is 0 Å². The molecule has 1 N–H and O–H groups in total. The first-order chi connectivity index (χ1) is 13.8. The first-order valence-electron chi connectivity index (χ1n) is 9.99. The number of hydrogen-bond acceptors (Lipinski definition) is 5. The van der Waals surface area contributed by atoms with Gasteiger partial charge in [0.05, 0.1) is 12.2 Å². The molecule has 30 heavy (non-hydrogen) atoms. The van der Waals surface area contributed by atoms with E-state index in [2.05, 4.69) is 6.58 Å². The van der Waals surface area contributed by atoms with E-state index in [0.29, 0.717) is 6.42 Å². The quantitative estimate of drug-likeness (QED) is 0.155. The van der Waals surface area contributed by atoms with Crippen molar-refractivity contribution in [3.8, 4) is 0 Å². The summed E-state index contributed by atoms with van der Waals surface area (Å²) in [5.41, 5.74) is -0.593. The molecule has 1 rings (SSSR count). The predicted octanol–water partition coefficient (Wildman–Crippen LogP) is 4.89. The summed E-state index contributed by atoms with van der Waals surface area (Å²) in [5, 5.41) is -5.60. The molecule has 0 bridgehead atoms. The summed E-state index contributed by atoms with van der Waals surface area (Å²) >= 11 is 0. The summed E-state index contributed by atoms with van der Waals surface area (Å²) in [6, 6.07) is 0. The fraction of sp³-hybridized carbons (Fsp3) is 0.842. The zero-order valence-corrected chi connectivity index (χ0v) is 17.9. The zero-order valence-electron chi connectivity index (χ0n) is 17.1. The molecule has 0 heterocycles. The Balaban J connectivity index is 2.46. The van der Waals surface area contributed by atoms with Crippen molar-refractivity contribution < 1.29 is 44.8 Å². The average Bonchev–Trinajstić information content (AvgIpc) is 2.62. The van der Waals surface area contributed by atoms with Gasteiger partial charge in [-0.2, -0.15) is 26.0 Å². The summed E-state index contributed by atoms with van der Waals surface area (Å²) in [6.07, 6.45) is 5.21. The van der Waals surface area contributed by atoms with Crippen LogP contribution in [0, 0.1) is 0 Å². The van der Waals surface area contributed by atoms with Crippen molar-refractivity contribution in [2.45, 2.75) is 87.9 Å². The molecule has 0 saturated heterocycles. The van der Waals surface area contributed by atoms with Gasteiger partial charge in [-0.3, -0.25) is 4.55 Å². The van der Waals surface area contributed by atoms with E-state index in [9.17, 15) is 30.8 Å². The van der Waals surface area contributed by atoms with Crippen LogP contribution >= 0.6 is 0 Å². The van der Waals surface area contributed by atoms with Crippen LogP contribution < -0.4 is 0 Å². The van der Waals surface area contributed by atoms with Crippen LogP contribution in [0.5, 0.6) is 0 Å². The molecule has 0 spiro atoms. The SMILES string of the molecule is C=C(COCCCC(F)(F)C(F)(F)S(=O)(=O)O)C(=O)OC1(CC)CCCCCCC1. The van der Waals surface area contributed by atoms with E-state index in [-0.39, 0.29) is 12.2 Å². The Kier molecular flexibility index (Phi) is 9.75. The summed E-state index contributed by atoms with van der Waals surface area (Å²) in [7, 11) is -6.25. The smallest absolute Gasteiger partial charge is 0.431 e. The molecule has 0 aromatic rings. The van der Waals surface area contributed by atoms with Gasteiger partial charge in [-0.25, -0.2) is 4.79 Å². The Morgan fingerprint density at radius 2 is 1.63 bits per heavy atom. The van der Waals surface area contributed by atoms with E-state index in [1.807, 2.05) is 6.92 Å². The van der Waals surface area contributed by atoms with Gasteiger partial charge in [0.2, 0.25) is 0 Å². The van der Waals surface area contributed by atoms with Gasteiger partial charge in [0.25, 0.3) is 0 Å². The van der Waals surface area contributed by atoms with Crippen LogP contribution in [0.1, 0.15) is 71.1 Å². The third-order valence-electron chi connectivity index (χ3n) is 5.31. The number of ether oxygens (including phenoxy) is 2. The average molecular weight is 463 g/mol. The van der Waals surface area contributed by atoms with E-state index >= 15 is 0 Å². The normalized spacial score (nSPS) is 18.3. The minimum atomic E-state index is -6.25. The van der Waals surface area contributed by atoms with E-state index in [4.69, 9.17) is 14.0 Å². The minimum absolute atomic E-state index is 0.0279. The Bertz CT molecular complexity index is 685. The fourth-order valence-electron chi connectivity index (χ4n) is 3.33. The van der Waals surface area contributed by atoms with Crippen molar-refractivity contribution in [2.24, 2.45) is 0 Å². The van der Waals surface area contributed by atoms with E-state index < -0.39 is 52.3 Å². The predicted molar refractivity (Wildman–Crippen MR) is 102 cm³/mol. The maximum absolute atomic E-state index is 13.4. The van der Waals surface area contributed by atoms with Crippen molar-refractivity contribution >= 4 is 16.1 Å². The highest BCUT2D eigenvalue weighted by atomic mass is 32.2. The van der Waals surface area contributed by atoms with Gasteiger partial charge in [0.1, 0.15) is 5.60 Å².